The lowest BCUT2D eigenvalue weighted by Gasteiger charge is -2.39. The van der Waals surface area contributed by atoms with Crippen LogP contribution in [-0.4, -0.2) is 25.2 Å². The van der Waals surface area contributed by atoms with Gasteiger partial charge in [-0.15, -0.1) is 0 Å². The molecule has 0 amide bonds. The monoisotopic (exact) mass is 231 g/mol. The normalized spacial score (nSPS) is 31.2. The molecule has 1 aliphatic heterocycles. The second-order valence-electron chi connectivity index (χ2n) is 4.74. The zero-order valence-corrected chi connectivity index (χ0v) is 9.03. The lowest BCUT2D eigenvalue weighted by atomic mass is 9.68. The van der Waals surface area contributed by atoms with Gasteiger partial charge in [-0.2, -0.15) is 0 Å². The Labute approximate surface area is 92.6 Å². The average Bonchev–Trinajstić information content (AvgIpc) is 2.64. The predicted octanol–water partition coefficient (Wildman–Crippen LogP) is 3.28. The SMILES string of the molecule is [N-]=[N+]=NCC1OCCC12CCC(F)(F)CC2. The van der Waals surface area contributed by atoms with Gasteiger partial charge < -0.3 is 4.74 Å². The molecular weight excluding hydrogens is 216 g/mol. The molecule has 2 aliphatic rings. The van der Waals surface area contributed by atoms with Crippen LogP contribution >= 0.6 is 0 Å². The van der Waals surface area contributed by atoms with Gasteiger partial charge in [0, 0.05) is 24.4 Å². The molecule has 0 radical (unpaired) electrons. The number of nitrogens with zero attached hydrogens (tertiary/aromatic N) is 3. The Morgan fingerprint density at radius 1 is 1.25 bits per heavy atom. The Morgan fingerprint density at radius 2 is 1.94 bits per heavy atom. The number of rotatable bonds is 2. The predicted molar refractivity (Wildman–Crippen MR) is 54.2 cm³/mol. The summed E-state index contributed by atoms with van der Waals surface area (Å²) < 4.78 is 31.7. The molecule has 4 nitrogen and oxygen atoms in total. The highest BCUT2D eigenvalue weighted by Crippen LogP contribution is 2.51. The second-order valence-corrected chi connectivity index (χ2v) is 4.74. The van der Waals surface area contributed by atoms with Gasteiger partial charge in [-0.1, -0.05) is 5.11 Å². The first kappa shape index (κ1) is 11.6. The first-order chi connectivity index (χ1) is 7.58. The van der Waals surface area contributed by atoms with E-state index in [2.05, 4.69) is 10.0 Å². The molecule has 1 saturated heterocycles. The molecule has 90 valence electrons. The van der Waals surface area contributed by atoms with E-state index in [0.29, 0.717) is 19.4 Å². The Morgan fingerprint density at radius 3 is 2.56 bits per heavy atom. The molecule has 0 N–H and O–H groups in total. The van der Waals surface area contributed by atoms with Crippen LogP contribution in [0.15, 0.2) is 5.11 Å². The standard InChI is InChI=1S/C10H15F2N3O/c11-10(12)3-1-9(2-4-10)5-6-16-8(9)7-14-15-13/h8H,1-7H2. The van der Waals surface area contributed by atoms with Crippen molar-refractivity contribution in [2.75, 3.05) is 13.2 Å². The van der Waals surface area contributed by atoms with Gasteiger partial charge in [0.05, 0.1) is 12.6 Å². The highest BCUT2D eigenvalue weighted by molar-refractivity contribution is 4.97. The maximum atomic E-state index is 13.1. The van der Waals surface area contributed by atoms with Gasteiger partial charge in [-0.3, -0.25) is 0 Å². The highest BCUT2D eigenvalue weighted by Gasteiger charge is 2.50. The molecule has 2 rings (SSSR count). The van der Waals surface area contributed by atoms with Crippen molar-refractivity contribution in [3.63, 3.8) is 0 Å². The quantitative estimate of drug-likeness (QED) is 0.408. The summed E-state index contributed by atoms with van der Waals surface area (Å²) in [6.07, 6.45) is 1.47. The van der Waals surface area contributed by atoms with Crippen LogP contribution in [0.3, 0.4) is 0 Å². The fourth-order valence-electron chi connectivity index (χ4n) is 2.78. The Hall–Kier alpha value is -0.870. The highest BCUT2D eigenvalue weighted by atomic mass is 19.3. The summed E-state index contributed by atoms with van der Waals surface area (Å²) in [5.41, 5.74) is 8.11. The number of azide groups is 1. The first-order valence-corrected chi connectivity index (χ1v) is 5.58. The van der Waals surface area contributed by atoms with Crippen molar-refractivity contribution in [1.29, 1.82) is 0 Å². The van der Waals surface area contributed by atoms with E-state index in [0.717, 1.165) is 6.42 Å². The smallest absolute Gasteiger partial charge is 0.248 e. The summed E-state index contributed by atoms with van der Waals surface area (Å²) in [5, 5.41) is 3.51. The zero-order valence-electron chi connectivity index (χ0n) is 9.03. The second kappa shape index (κ2) is 4.18. The number of hydrogen-bond donors (Lipinski definition) is 0. The van der Waals surface area contributed by atoms with Crippen molar-refractivity contribution in [1.82, 2.24) is 0 Å². The van der Waals surface area contributed by atoms with Gasteiger partial charge in [-0.25, -0.2) is 8.78 Å². The van der Waals surface area contributed by atoms with E-state index < -0.39 is 5.92 Å². The molecule has 2 fully saturated rings. The fraction of sp³-hybridized carbons (Fsp3) is 1.00. The molecule has 0 bridgehead atoms. The average molecular weight is 231 g/mol. The topological polar surface area (TPSA) is 58.0 Å². The van der Waals surface area contributed by atoms with E-state index in [9.17, 15) is 8.78 Å². The third-order valence-electron chi connectivity index (χ3n) is 3.89. The fourth-order valence-corrected chi connectivity index (χ4v) is 2.78. The van der Waals surface area contributed by atoms with Crippen LogP contribution in [0.4, 0.5) is 8.78 Å². The van der Waals surface area contributed by atoms with Crippen molar-refractivity contribution >= 4 is 0 Å². The van der Waals surface area contributed by atoms with Crippen LogP contribution < -0.4 is 0 Å². The van der Waals surface area contributed by atoms with Gasteiger partial charge in [0.25, 0.3) is 0 Å². The molecule has 1 saturated carbocycles. The van der Waals surface area contributed by atoms with E-state index in [1.165, 1.54) is 0 Å². The van der Waals surface area contributed by atoms with Crippen LogP contribution in [-0.2, 0) is 4.74 Å². The molecule has 1 heterocycles. The van der Waals surface area contributed by atoms with Gasteiger partial charge in [0.2, 0.25) is 5.92 Å². The lowest BCUT2D eigenvalue weighted by molar-refractivity contribution is -0.0816. The molecule has 1 aliphatic carbocycles. The maximum absolute atomic E-state index is 13.1. The van der Waals surface area contributed by atoms with E-state index in [4.69, 9.17) is 10.3 Å². The largest absolute Gasteiger partial charge is 0.377 e. The molecule has 1 atom stereocenters. The number of hydrogen-bond acceptors (Lipinski definition) is 2. The molecule has 1 unspecified atom stereocenters. The summed E-state index contributed by atoms with van der Waals surface area (Å²) in [7, 11) is 0. The van der Waals surface area contributed by atoms with Crippen molar-refractivity contribution in [2.45, 2.75) is 44.1 Å². The van der Waals surface area contributed by atoms with Crippen molar-refractivity contribution < 1.29 is 13.5 Å². The van der Waals surface area contributed by atoms with E-state index in [1.54, 1.807) is 0 Å². The minimum atomic E-state index is -2.52. The number of alkyl halides is 2. The van der Waals surface area contributed by atoms with Crippen LogP contribution in [0, 0.1) is 5.41 Å². The summed E-state index contributed by atoms with van der Waals surface area (Å²) in [6, 6.07) is 0. The molecule has 0 aromatic heterocycles. The number of halogens is 2. The van der Waals surface area contributed by atoms with E-state index >= 15 is 0 Å². The van der Waals surface area contributed by atoms with Crippen LogP contribution in [0.25, 0.3) is 10.4 Å². The number of ether oxygens (including phenoxy) is 1. The van der Waals surface area contributed by atoms with Gasteiger partial charge in [0.1, 0.15) is 0 Å². The molecule has 0 aromatic rings. The molecule has 1 spiro atoms. The summed E-state index contributed by atoms with van der Waals surface area (Å²) >= 11 is 0. The Kier molecular flexibility index (Phi) is 3.04. The van der Waals surface area contributed by atoms with Crippen molar-refractivity contribution in [3.8, 4) is 0 Å². The maximum Gasteiger partial charge on any atom is 0.248 e. The van der Waals surface area contributed by atoms with Crippen molar-refractivity contribution in [2.24, 2.45) is 10.5 Å². The van der Waals surface area contributed by atoms with Crippen LogP contribution in [0.5, 0.6) is 0 Å². The molecule has 0 aromatic carbocycles. The first-order valence-electron chi connectivity index (χ1n) is 5.58. The van der Waals surface area contributed by atoms with Crippen LogP contribution in [0.2, 0.25) is 0 Å². The van der Waals surface area contributed by atoms with Gasteiger partial charge in [0.15, 0.2) is 0 Å². The van der Waals surface area contributed by atoms with Gasteiger partial charge in [-0.05, 0) is 30.2 Å². The van der Waals surface area contributed by atoms with E-state index in [-0.39, 0.29) is 30.9 Å². The Bertz CT molecular complexity index is 305. The zero-order chi connectivity index (χ0) is 11.6. The minimum absolute atomic E-state index is 0.0663. The summed E-state index contributed by atoms with van der Waals surface area (Å²) in [6.45, 7) is 0.860. The minimum Gasteiger partial charge on any atom is -0.377 e. The summed E-state index contributed by atoms with van der Waals surface area (Å²) in [5.74, 6) is -2.52. The van der Waals surface area contributed by atoms with E-state index in [1.807, 2.05) is 0 Å². The van der Waals surface area contributed by atoms with Gasteiger partial charge >= 0.3 is 0 Å². The van der Waals surface area contributed by atoms with Crippen molar-refractivity contribution in [3.05, 3.63) is 10.4 Å². The molecule has 6 heteroatoms. The third-order valence-corrected chi connectivity index (χ3v) is 3.89. The summed E-state index contributed by atoms with van der Waals surface area (Å²) in [4.78, 5) is 2.70. The Balaban J connectivity index is 2.04. The molecular formula is C10H15F2N3O. The molecule has 16 heavy (non-hydrogen) atoms. The third kappa shape index (κ3) is 2.13. The van der Waals surface area contributed by atoms with Crippen LogP contribution in [0.1, 0.15) is 32.1 Å². The lowest BCUT2D eigenvalue weighted by Crippen LogP contribution is -2.40.